The van der Waals surface area contributed by atoms with E-state index < -0.39 is 34.7 Å². The smallest absolute Gasteiger partial charge is 0.347 e. The summed E-state index contributed by atoms with van der Waals surface area (Å²) in [6.45, 7) is 5.21. The first-order valence-corrected chi connectivity index (χ1v) is 16.1. The van der Waals surface area contributed by atoms with Crippen LogP contribution in [-0.4, -0.2) is 54.4 Å². The maximum atomic E-state index is 14.2. The lowest BCUT2D eigenvalue weighted by Gasteiger charge is -2.52. The Morgan fingerprint density at radius 3 is 2.41 bits per heavy atom. The second-order valence-corrected chi connectivity index (χ2v) is 13.3. The molecule has 4 atom stereocenters. The summed E-state index contributed by atoms with van der Waals surface area (Å²) in [6.07, 6.45) is 3.44. The molecular weight excluding hydrogens is 630 g/mol. The largest absolute Gasteiger partial charge is 0.508 e. The van der Waals surface area contributed by atoms with Gasteiger partial charge in [0.05, 0.1) is 43.3 Å². The Kier molecular flexibility index (Phi) is 7.41. The van der Waals surface area contributed by atoms with E-state index in [2.05, 4.69) is 4.98 Å². The van der Waals surface area contributed by atoms with E-state index in [-0.39, 0.29) is 54.5 Å². The van der Waals surface area contributed by atoms with Crippen molar-refractivity contribution >= 4 is 22.6 Å². The van der Waals surface area contributed by atoms with Crippen LogP contribution < -0.4 is 26.4 Å². The van der Waals surface area contributed by atoms with Crippen molar-refractivity contribution in [3.63, 3.8) is 0 Å². The highest BCUT2D eigenvalue weighted by Gasteiger charge is 2.59. The molecule has 1 saturated carbocycles. The monoisotopic (exact) mass is 667 g/mol. The molecule has 13 nitrogen and oxygen atoms in total. The molecule has 49 heavy (non-hydrogen) atoms. The second kappa shape index (κ2) is 11.3. The van der Waals surface area contributed by atoms with E-state index in [0.29, 0.717) is 33.7 Å². The highest BCUT2D eigenvalue weighted by atomic mass is 16.5. The van der Waals surface area contributed by atoms with Crippen molar-refractivity contribution in [2.24, 2.45) is 18.4 Å². The standard InChI is InChI=1S/C36H37N5O8/c1-18-13-20(7-8-27(18)42)31-21-9-12-40-34(46)39(35(47)41(40)25(21)15-22-28(43)14-19(2)32(44)36(22,31)3)11-10-23-33(45)38(4)26-17-30(49-6)29(48-5)16-24(26)37-23/h7-9,13-14,16-17,22,25,31,42H,10-12,15H2,1-6H3/t22-,25+,31-,36+/m0/s1. The third-order valence-electron chi connectivity index (χ3n) is 10.8. The molecule has 2 aliphatic carbocycles. The maximum Gasteiger partial charge on any atom is 0.347 e. The van der Waals surface area contributed by atoms with Gasteiger partial charge in [-0.25, -0.2) is 28.5 Å². The van der Waals surface area contributed by atoms with Crippen LogP contribution in [0.15, 0.2) is 68.0 Å². The Bertz CT molecular complexity index is 2360. The van der Waals surface area contributed by atoms with Gasteiger partial charge >= 0.3 is 11.4 Å². The average molecular weight is 668 g/mol. The van der Waals surface area contributed by atoms with Gasteiger partial charge in [-0.2, -0.15) is 0 Å². The number of nitrogens with zero attached hydrogens (tertiary/aromatic N) is 5. The zero-order valence-electron chi connectivity index (χ0n) is 28.1. The SMILES string of the molecule is COc1cc2nc(CCn3c(=O)n4n(c3=O)[C@@H]3C[C@H]5C(=O)C=C(C)C(=O)[C@@]5(C)[C@@H](c5ccc(O)c(C)c5)C3=CC4)c(=O)n(C)c2cc1OC. The summed E-state index contributed by atoms with van der Waals surface area (Å²) in [6, 6.07) is 7.80. The fourth-order valence-electron chi connectivity index (χ4n) is 8.22. The number of aromatic hydroxyl groups is 1. The van der Waals surface area contributed by atoms with Gasteiger partial charge in [0.25, 0.3) is 5.56 Å². The summed E-state index contributed by atoms with van der Waals surface area (Å²) in [5.41, 5.74) is 1.07. The third kappa shape index (κ3) is 4.58. The molecule has 254 valence electrons. The number of ether oxygens (including phenoxy) is 2. The lowest BCUT2D eigenvalue weighted by atomic mass is 9.51. The summed E-state index contributed by atoms with van der Waals surface area (Å²) in [5.74, 6) is -0.674. The van der Waals surface area contributed by atoms with Gasteiger partial charge in [-0.3, -0.25) is 14.4 Å². The fraction of sp³-hybridized carbons (Fsp3) is 0.389. The molecule has 4 aromatic rings. The molecule has 2 aromatic carbocycles. The van der Waals surface area contributed by atoms with Gasteiger partial charge < -0.3 is 19.1 Å². The Hall–Kier alpha value is -5.46. The van der Waals surface area contributed by atoms with Crippen molar-refractivity contribution in [3.05, 3.63) is 102 Å². The Balaban J connectivity index is 1.30. The van der Waals surface area contributed by atoms with E-state index in [1.165, 1.54) is 34.2 Å². The zero-order chi connectivity index (χ0) is 35.1. The molecule has 2 aromatic heterocycles. The van der Waals surface area contributed by atoms with Gasteiger partial charge in [-0.15, -0.1) is 0 Å². The van der Waals surface area contributed by atoms with Gasteiger partial charge in [-0.05, 0) is 54.7 Å². The number of fused-ring (bicyclic) bond motifs is 5. The third-order valence-corrected chi connectivity index (χ3v) is 10.8. The highest BCUT2D eigenvalue weighted by Crippen LogP contribution is 2.59. The van der Waals surface area contributed by atoms with Gasteiger partial charge in [0.2, 0.25) is 0 Å². The van der Waals surface area contributed by atoms with Crippen LogP contribution in [0.5, 0.6) is 17.2 Å². The molecule has 0 unspecified atom stereocenters. The molecule has 1 aliphatic heterocycles. The quantitative estimate of drug-likeness (QED) is 0.306. The van der Waals surface area contributed by atoms with Crippen molar-refractivity contribution in [1.29, 1.82) is 0 Å². The van der Waals surface area contributed by atoms with Gasteiger partial charge in [0.15, 0.2) is 23.1 Å². The van der Waals surface area contributed by atoms with Gasteiger partial charge in [0, 0.05) is 44.0 Å². The van der Waals surface area contributed by atoms with Crippen molar-refractivity contribution in [3.8, 4) is 17.2 Å². The van der Waals surface area contributed by atoms with Crippen LogP contribution in [0.4, 0.5) is 0 Å². The summed E-state index contributed by atoms with van der Waals surface area (Å²) in [4.78, 5) is 73.4. The number of hydrogen-bond donors (Lipinski definition) is 1. The minimum atomic E-state index is -1.13. The number of aryl methyl sites for hydroxylation is 3. The first kappa shape index (κ1) is 32.1. The topological polar surface area (TPSA) is 157 Å². The molecule has 3 heterocycles. The predicted molar refractivity (Wildman–Crippen MR) is 179 cm³/mol. The molecule has 1 fully saturated rings. The summed E-state index contributed by atoms with van der Waals surface area (Å²) < 4.78 is 16.1. The number of rotatable bonds is 6. The molecule has 7 rings (SSSR count). The molecular formula is C36H37N5O8. The number of benzene rings is 2. The predicted octanol–water partition coefficient (Wildman–Crippen LogP) is 2.72. The maximum absolute atomic E-state index is 14.2. The minimum Gasteiger partial charge on any atom is -0.508 e. The summed E-state index contributed by atoms with van der Waals surface area (Å²) in [5, 5.41) is 10.3. The summed E-state index contributed by atoms with van der Waals surface area (Å²) >= 11 is 0. The van der Waals surface area contributed by atoms with E-state index in [9.17, 15) is 29.1 Å². The van der Waals surface area contributed by atoms with Crippen LogP contribution >= 0.6 is 0 Å². The molecule has 0 radical (unpaired) electrons. The van der Waals surface area contributed by atoms with Crippen LogP contribution in [0, 0.1) is 18.3 Å². The Morgan fingerprint density at radius 2 is 1.71 bits per heavy atom. The lowest BCUT2D eigenvalue weighted by Crippen LogP contribution is -2.54. The molecule has 1 N–H and O–H groups in total. The Morgan fingerprint density at radius 1 is 1.00 bits per heavy atom. The van der Waals surface area contributed by atoms with Crippen LogP contribution in [0.25, 0.3) is 11.0 Å². The number of carbonyl (C=O) groups excluding carboxylic acids is 2. The van der Waals surface area contributed by atoms with Crippen LogP contribution in [0.3, 0.4) is 0 Å². The number of allylic oxidation sites excluding steroid dienone is 4. The zero-order valence-corrected chi connectivity index (χ0v) is 28.1. The van der Waals surface area contributed by atoms with Crippen molar-refractivity contribution < 1.29 is 24.2 Å². The number of phenolic OH excluding ortho intramolecular Hbond substituents is 1. The van der Waals surface area contributed by atoms with Crippen molar-refractivity contribution in [1.82, 2.24) is 23.5 Å². The molecule has 0 bridgehead atoms. The molecule has 3 aliphatic rings. The van der Waals surface area contributed by atoms with Gasteiger partial charge in [-0.1, -0.05) is 25.1 Å². The van der Waals surface area contributed by atoms with Crippen molar-refractivity contribution in [2.45, 2.75) is 58.7 Å². The molecule has 0 spiro atoms. The van der Waals surface area contributed by atoms with Crippen molar-refractivity contribution in [2.75, 3.05) is 14.2 Å². The number of Topliss-reactive ketones (excluding diaryl/α,β-unsaturated/α-hetero) is 1. The first-order valence-electron chi connectivity index (χ1n) is 16.1. The normalized spacial score (nSPS) is 23.0. The fourth-order valence-corrected chi connectivity index (χ4v) is 8.22. The van der Waals surface area contributed by atoms with Crippen LogP contribution in [0.1, 0.15) is 49.0 Å². The summed E-state index contributed by atoms with van der Waals surface area (Å²) in [7, 11) is 4.62. The van der Waals surface area contributed by atoms with E-state index in [4.69, 9.17) is 9.47 Å². The molecule has 0 saturated heterocycles. The first-order chi connectivity index (χ1) is 23.3. The molecule has 0 amide bonds. The van der Waals surface area contributed by atoms with E-state index in [1.54, 1.807) is 45.2 Å². The number of aromatic nitrogens is 5. The van der Waals surface area contributed by atoms with Crippen LogP contribution in [-0.2, 0) is 36.1 Å². The highest BCUT2D eigenvalue weighted by molar-refractivity contribution is 6.13. The average Bonchev–Trinajstić information content (AvgIpc) is 3.33. The number of carbonyl (C=O) groups is 2. The number of ketones is 2. The second-order valence-electron chi connectivity index (χ2n) is 13.3. The van der Waals surface area contributed by atoms with E-state index >= 15 is 0 Å². The minimum absolute atomic E-state index is 0.00817. The lowest BCUT2D eigenvalue weighted by molar-refractivity contribution is -0.139. The number of hydrogen-bond acceptors (Lipinski definition) is 9. The van der Waals surface area contributed by atoms with Crippen LogP contribution in [0.2, 0.25) is 0 Å². The Labute approximate surface area is 280 Å². The number of phenols is 1. The van der Waals surface area contributed by atoms with E-state index in [1.807, 2.05) is 19.1 Å². The molecule has 13 heteroatoms. The van der Waals surface area contributed by atoms with Gasteiger partial charge in [0.1, 0.15) is 11.4 Å². The number of methoxy groups -OCH3 is 2. The van der Waals surface area contributed by atoms with E-state index in [0.717, 1.165) is 15.7 Å².